The molecule has 0 aromatic heterocycles. The summed E-state index contributed by atoms with van der Waals surface area (Å²) in [5.41, 5.74) is 6.97. The minimum Gasteiger partial charge on any atom is -0.508 e. The second-order valence-corrected chi connectivity index (χ2v) is 5.31. The first kappa shape index (κ1) is 16.5. The van der Waals surface area contributed by atoms with Gasteiger partial charge in [0.1, 0.15) is 5.75 Å². The van der Waals surface area contributed by atoms with Gasteiger partial charge in [0.2, 0.25) is 5.91 Å². The lowest BCUT2D eigenvalue weighted by molar-refractivity contribution is -0.135. The van der Waals surface area contributed by atoms with Gasteiger partial charge >= 0.3 is 0 Å². The predicted octanol–water partition coefficient (Wildman–Crippen LogP) is 2.68. The van der Waals surface area contributed by atoms with Crippen LogP contribution < -0.4 is 5.73 Å². The molecule has 112 valence electrons. The van der Waals surface area contributed by atoms with E-state index in [2.05, 4.69) is 0 Å². The molecular weight excluding hydrogens is 252 g/mol. The van der Waals surface area contributed by atoms with E-state index in [4.69, 9.17) is 5.73 Å². The number of rotatable bonds is 6. The standard InChI is InChI=1S/C16H26N2O2/c1-5-11(3)15(17)16(20)18(6-2)12(4)13-8-7-9-14(19)10-13/h7-12,15,19H,5-6,17H2,1-4H3. The number of phenolic OH excluding ortho intramolecular Hbond substituents is 1. The van der Waals surface area contributed by atoms with E-state index in [-0.39, 0.29) is 23.6 Å². The van der Waals surface area contributed by atoms with Crippen molar-refractivity contribution in [2.24, 2.45) is 11.7 Å². The third-order valence-corrected chi connectivity index (χ3v) is 3.99. The first-order valence-corrected chi connectivity index (χ1v) is 7.27. The van der Waals surface area contributed by atoms with Crippen molar-refractivity contribution in [3.63, 3.8) is 0 Å². The highest BCUT2D eigenvalue weighted by molar-refractivity contribution is 5.82. The lowest BCUT2D eigenvalue weighted by Gasteiger charge is -2.32. The van der Waals surface area contributed by atoms with Crippen LogP contribution >= 0.6 is 0 Å². The second kappa shape index (κ2) is 7.29. The van der Waals surface area contributed by atoms with Crippen LogP contribution in [0.1, 0.15) is 45.7 Å². The normalized spacial score (nSPS) is 15.4. The Hall–Kier alpha value is -1.55. The van der Waals surface area contributed by atoms with E-state index in [1.165, 1.54) is 0 Å². The number of benzene rings is 1. The fourth-order valence-corrected chi connectivity index (χ4v) is 2.27. The number of phenols is 1. The van der Waals surface area contributed by atoms with Gasteiger partial charge in [0.15, 0.2) is 0 Å². The summed E-state index contributed by atoms with van der Waals surface area (Å²) in [7, 11) is 0. The number of aromatic hydroxyl groups is 1. The highest BCUT2D eigenvalue weighted by Gasteiger charge is 2.27. The number of amides is 1. The Bertz CT molecular complexity index is 448. The zero-order valence-electron chi connectivity index (χ0n) is 12.8. The van der Waals surface area contributed by atoms with E-state index in [9.17, 15) is 9.90 Å². The van der Waals surface area contributed by atoms with Crippen LogP contribution in [0.15, 0.2) is 24.3 Å². The van der Waals surface area contributed by atoms with Gasteiger partial charge in [0.25, 0.3) is 0 Å². The molecule has 0 heterocycles. The molecule has 0 bridgehead atoms. The molecule has 3 atom stereocenters. The van der Waals surface area contributed by atoms with E-state index in [1.807, 2.05) is 33.8 Å². The summed E-state index contributed by atoms with van der Waals surface area (Å²) >= 11 is 0. The number of carbonyl (C=O) groups excluding carboxylic acids is 1. The zero-order valence-corrected chi connectivity index (χ0v) is 12.8. The van der Waals surface area contributed by atoms with Crippen molar-refractivity contribution in [3.8, 4) is 5.75 Å². The SMILES string of the molecule is CCC(C)C(N)C(=O)N(CC)C(C)c1cccc(O)c1. The third kappa shape index (κ3) is 3.73. The summed E-state index contributed by atoms with van der Waals surface area (Å²) in [6.45, 7) is 8.53. The Labute approximate surface area is 121 Å². The smallest absolute Gasteiger partial charge is 0.240 e. The van der Waals surface area contributed by atoms with Gasteiger partial charge in [-0.2, -0.15) is 0 Å². The number of carbonyl (C=O) groups is 1. The number of nitrogens with zero attached hydrogens (tertiary/aromatic N) is 1. The van der Waals surface area contributed by atoms with Gasteiger partial charge in [0, 0.05) is 6.54 Å². The number of likely N-dealkylation sites (N-methyl/N-ethyl adjacent to an activating group) is 1. The summed E-state index contributed by atoms with van der Waals surface area (Å²) in [6.07, 6.45) is 0.880. The highest BCUT2D eigenvalue weighted by Crippen LogP contribution is 2.24. The van der Waals surface area contributed by atoms with Crippen molar-refractivity contribution >= 4 is 5.91 Å². The molecule has 0 saturated heterocycles. The largest absolute Gasteiger partial charge is 0.508 e. The van der Waals surface area contributed by atoms with Crippen LogP contribution in [0.5, 0.6) is 5.75 Å². The first-order valence-electron chi connectivity index (χ1n) is 7.27. The summed E-state index contributed by atoms with van der Waals surface area (Å²) in [4.78, 5) is 14.3. The van der Waals surface area contributed by atoms with Gasteiger partial charge in [-0.1, -0.05) is 32.4 Å². The molecule has 20 heavy (non-hydrogen) atoms. The molecule has 3 N–H and O–H groups in total. The minimum absolute atomic E-state index is 0.0299. The van der Waals surface area contributed by atoms with Gasteiger partial charge < -0.3 is 15.7 Å². The molecule has 0 spiro atoms. The molecule has 4 nitrogen and oxygen atoms in total. The summed E-state index contributed by atoms with van der Waals surface area (Å²) in [6, 6.07) is 6.44. The molecule has 0 aliphatic heterocycles. The predicted molar refractivity (Wildman–Crippen MR) is 81.3 cm³/mol. The van der Waals surface area contributed by atoms with Crippen molar-refractivity contribution < 1.29 is 9.90 Å². The fraction of sp³-hybridized carbons (Fsp3) is 0.562. The van der Waals surface area contributed by atoms with Gasteiger partial charge in [-0.3, -0.25) is 4.79 Å². The van der Waals surface area contributed by atoms with Gasteiger partial charge in [-0.15, -0.1) is 0 Å². The van der Waals surface area contributed by atoms with E-state index >= 15 is 0 Å². The molecule has 1 aromatic rings. The molecule has 0 saturated carbocycles. The average Bonchev–Trinajstić information content (AvgIpc) is 2.46. The van der Waals surface area contributed by atoms with E-state index in [0.29, 0.717) is 6.54 Å². The zero-order chi connectivity index (χ0) is 15.3. The van der Waals surface area contributed by atoms with E-state index in [0.717, 1.165) is 12.0 Å². The first-order chi connectivity index (χ1) is 9.42. The summed E-state index contributed by atoms with van der Waals surface area (Å²) in [5, 5.41) is 9.56. The fourth-order valence-electron chi connectivity index (χ4n) is 2.27. The van der Waals surface area contributed by atoms with Crippen LogP contribution in [0.3, 0.4) is 0 Å². The Morgan fingerprint density at radius 2 is 2.00 bits per heavy atom. The van der Waals surface area contributed by atoms with Crippen LogP contribution in [-0.2, 0) is 4.79 Å². The minimum atomic E-state index is -0.472. The number of hydrogen-bond acceptors (Lipinski definition) is 3. The monoisotopic (exact) mass is 278 g/mol. The van der Waals surface area contributed by atoms with Crippen LogP contribution in [0.4, 0.5) is 0 Å². The summed E-state index contributed by atoms with van der Waals surface area (Å²) < 4.78 is 0. The maximum Gasteiger partial charge on any atom is 0.240 e. The number of hydrogen-bond donors (Lipinski definition) is 2. The molecular formula is C16H26N2O2. The van der Waals surface area contributed by atoms with Crippen LogP contribution in [0.25, 0.3) is 0 Å². The summed E-state index contributed by atoms with van der Waals surface area (Å²) in [5.74, 6) is 0.342. The van der Waals surface area contributed by atoms with E-state index < -0.39 is 6.04 Å². The highest BCUT2D eigenvalue weighted by atomic mass is 16.3. The Morgan fingerprint density at radius 3 is 2.50 bits per heavy atom. The second-order valence-electron chi connectivity index (χ2n) is 5.31. The van der Waals surface area contributed by atoms with Crippen molar-refractivity contribution in [1.82, 2.24) is 4.90 Å². The topological polar surface area (TPSA) is 66.6 Å². The molecule has 3 unspecified atom stereocenters. The third-order valence-electron chi connectivity index (χ3n) is 3.99. The Kier molecular flexibility index (Phi) is 6.02. The van der Waals surface area contributed by atoms with Crippen molar-refractivity contribution in [2.75, 3.05) is 6.54 Å². The van der Waals surface area contributed by atoms with E-state index in [1.54, 1.807) is 23.1 Å². The van der Waals surface area contributed by atoms with Crippen LogP contribution in [0.2, 0.25) is 0 Å². The van der Waals surface area contributed by atoms with Crippen LogP contribution in [0, 0.1) is 5.92 Å². The molecule has 0 radical (unpaired) electrons. The van der Waals surface area contributed by atoms with Crippen molar-refractivity contribution in [3.05, 3.63) is 29.8 Å². The maximum absolute atomic E-state index is 12.5. The number of nitrogens with two attached hydrogens (primary N) is 1. The molecule has 1 aromatic carbocycles. The molecule has 0 aliphatic carbocycles. The molecule has 4 heteroatoms. The molecule has 0 aliphatic rings. The quantitative estimate of drug-likeness (QED) is 0.840. The Morgan fingerprint density at radius 1 is 1.35 bits per heavy atom. The van der Waals surface area contributed by atoms with Crippen molar-refractivity contribution in [2.45, 2.75) is 46.2 Å². The molecule has 1 rings (SSSR count). The van der Waals surface area contributed by atoms with Gasteiger partial charge in [-0.05, 0) is 37.5 Å². The lowest BCUT2D eigenvalue weighted by atomic mass is 9.97. The molecule has 0 fully saturated rings. The maximum atomic E-state index is 12.5. The Balaban J connectivity index is 2.92. The average molecular weight is 278 g/mol. The van der Waals surface area contributed by atoms with Crippen molar-refractivity contribution in [1.29, 1.82) is 0 Å². The van der Waals surface area contributed by atoms with Crippen LogP contribution in [-0.4, -0.2) is 28.5 Å². The lowest BCUT2D eigenvalue weighted by Crippen LogP contribution is -2.47. The van der Waals surface area contributed by atoms with Gasteiger partial charge in [0.05, 0.1) is 12.1 Å². The molecule has 1 amide bonds. The van der Waals surface area contributed by atoms with Gasteiger partial charge in [-0.25, -0.2) is 0 Å².